The molecule has 2 saturated heterocycles. The van der Waals surface area contributed by atoms with Gasteiger partial charge < -0.3 is 15.8 Å². The maximum Gasteiger partial charge on any atom is 0.249 e. The van der Waals surface area contributed by atoms with E-state index >= 15 is 0 Å². The van der Waals surface area contributed by atoms with Crippen molar-refractivity contribution in [3.8, 4) is 0 Å². The quantitative estimate of drug-likeness (QED) is 0.786. The molecule has 1 amide bonds. The van der Waals surface area contributed by atoms with Crippen LogP contribution >= 0.6 is 0 Å². The van der Waals surface area contributed by atoms with Crippen LogP contribution in [0.1, 0.15) is 46.0 Å². The van der Waals surface area contributed by atoms with Crippen LogP contribution in [0.3, 0.4) is 0 Å². The summed E-state index contributed by atoms with van der Waals surface area (Å²) < 4.78 is 5.61. The van der Waals surface area contributed by atoms with Crippen molar-refractivity contribution >= 4 is 5.91 Å². The summed E-state index contributed by atoms with van der Waals surface area (Å²) in [6.45, 7) is 6.71. The average molecular weight is 283 g/mol. The maximum atomic E-state index is 12.0. The van der Waals surface area contributed by atoms with Crippen molar-refractivity contribution in [3.05, 3.63) is 0 Å². The first-order valence-electron chi connectivity index (χ1n) is 8.00. The molecule has 3 N–H and O–H groups in total. The lowest BCUT2D eigenvalue weighted by Crippen LogP contribution is -2.48. The molecule has 5 heteroatoms. The summed E-state index contributed by atoms with van der Waals surface area (Å²) in [6.07, 6.45) is 5.32. The fourth-order valence-electron chi connectivity index (χ4n) is 3.41. The minimum absolute atomic E-state index is 0.0262. The van der Waals surface area contributed by atoms with E-state index in [0.29, 0.717) is 25.2 Å². The van der Waals surface area contributed by atoms with Gasteiger partial charge in [0.1, 0.15) is 6.10 Å². The second kappa shape index (κ2) is 7.38. The number of carbonyl (C=O) groups is 1. The molecular weight excluding hydrogens is 254 g/mol. The van der Waals surface area contributed by atoms with E-state index in [2.05, 4.69) is 24.1 Å². The molecule has 2 unspecified atom stereocenters. The fourth-order valence-corrected chi connectivity index (χ4v) is 3.41. The number of ether oxygens (including phenoxy) is 1. The molecule has 2 heterocycles. The van der Waals surface area contributed by atoms with Gasteiger partial charge in [0.05, 0.1) is 6.10 Å². The molecule has 4 atom stereocenters. The van der Waals surface area contributed by atoms with Gasteiger partial charge >= 0.3 is 0 Å². The Hall–Kier alpha value is -0.650. The monoisotopic (exact) mass is 283 g/mol. The number of likely N-dealkylation sites (tertiary alicyclic amines) is 1. The third kappa shape index (κ3) is 3.93. The Morgan fingerprint density at radius 3 is 2.55 bits per heavy atom. The summed E-state index contributed by atoms with van der Waals surface area (Å²) in [7, 11) is 0. The highest BCUT2D eigenvalue weighted by Crippen LogP contribution is 2.22. The van der Waals surface area contributed by atoms with E-state index in [1.165, 1.54) is 19.3 Å². The van der Waals surface area contributed by atoms with E-state index in [1.54, 1.807) is 0 Å². The largest absolute Gasteiger partial charge is 0.364 e. The number of carbonyl (C=O) groups excluding carboxylic acids is 1. The number of amides is 1. The van der Waals surface area contributed by atoms with E-state index in [0.717, 1.165) is 19.4 Å². The van der Waals surface area contributed by atoms with E-state index in [9.17, 15) is 4.79 Å². The molecule has 2 fully saturated rings. The van der Waals surface area contributed by atoms with E-state index in [1.807, 2.05) is 0 Å². The highest BCUT2D eigenvalue weighted by atomic mass is 16.5. The number of hydrogen-bond acceptors (Lipinski definition) is 4. The first-order valence-corrected chi connectivity index (χ1v) is 8.00. The van der Waals surface area contributed by atoms with Gasteiger partial charge in [0.25, 0.3) is 0 Å². The highest BCUT2D eigenvalue weighted by molar-refractivity contribution is 5.81. The average Bonchev–Trinajstić information content (AvgIpc) is 2.91. The molecule has 0 aromatic carbocycles. The summed E-state index contributed by atoms with van der Waals surface area (Å²) in [5, 5.41) is 3.01. The summed E-state index contributed by atoms with van der Waals surface area (Å²) in [5.41, 5.74) is 5.56. The van der Waals surface area contributed by atoms with Gasteiger partial charge in [-0.15, -0.1) is 0 Å². The number of nitrogens with two attached hydrogens (primary N) is 1. The summed E-state index contributed by atoms with van der Waals surface area (Å²) in [6, 6.07) is 1.25. The first kappa shape index (κ1) is 15.7. The SMILES string of the molecule is CC1CCCC(C)N1CCNC(=O)[C@@H]1CC[C@H](CN)O1. The zero-order valence-corrected chi connectivity index (χ0v) is 12.8. The second-order valence-corrected chi connectivity index (χ2v) is 6.22. The van der Waals surface area contributed by atoms with Crippen LogP contribution in [-0.4, -0.2) is 54.7 Å². The van der Waals surface area contributed by atoms with Crippen molar-refractivity contribution in [2.24, 2.45) is 5.73 Å². The second-order valence-electron chi connectivity index (χ2n) is 6.22. The van der Waals surface area contributed by atoms with Gasteiger partial charge in [0, 0.05) is 31.7 Å². The molecule has 0 saturated carbocycles. The molecule has 0 aromatic rings. The van der Waals surface area contributed by atoms with Gasteiger partial charge in [-0.1, -0.05) is 6.42 Å². The number of piperidine rings is 1. The predicted octanol–water partition coefficient (Wildman–Crippen LogP) is 0.872. The lowest BCUT2D eigenvalue weighted by Gasteiger charge is -2.39. The Morgan fingerprint density at radius 1 is 1.25 bits per heavy atom. The van der Waals surface area contributed by atoms with Crippen LogP contribution in [0.2, 0.25) is 0 Å². The fraction of sp³-hybridized carbons (Fsp3) is 0.933. The molecule has 0 radical (unpaired) electrons. The number of hydrogen-bond donors (Lipinski definition) is 2. The van der Waals surface area contributed by atoms with Crippen LogP contribution in [0.15, 0.2) is 0 Å². The van der Waals surface area contributed by atoms with Crippen LogP contribution in [0.25, 0.3) is 0 Å². The summed E-state index contributed by atoms with van der Waals surface area (Å²) >= 11 is 0. The number of nitrogens with zero attached hydrogens (tertiary/aromatic N) is 1. The van der Waals surface area contributed by atoms with Gasteiger partial charge in [0.15, 0.2) is 0 Å². The Kier molecular flexibility index (Phi) is 5.81. The lowest BCUT2D eigenvalue weighted by molar-refractivity contribution is -0.131. The summed E-state index contributed by atoms with van der Waals surface area (Å²) in [5.74, 6) is 0.0262. The molecule has 5 nitrogen and oxygen atoms in total. The molecule has 2 aliphatic rings. The Balaban J connectivity index is 1.68. The van der Waals surface area contributed by atoms with E-state index in [4.69, 9.17) is 10.5 Å². The van der Waals surface area contributed by atoms with E-state index < -0.39 is 0 Å². The number of nitrogens with one attached hydrogen (secondary N) is 1. The van der Waals surface area contributed by atoms with Gasteiger partial charge in [-0.05, 0) is 39.5 Å². The Labute approximate surface area is 122 Å². The standard InChI is InChI=1S/C15H29N3O2/c1-11-4-3-5-12(2)18(11)9-8-17-15(19)14-7-6-13(10-16)20-14/h11-14H,3-10,16H2,1-2H3,(H,17,19)/t11?,12?,13-,14+/m1/s1. The maximum absolute atomic E-state index is 12.0. The molecule has 2 aliphatic heterocycles. The predicted molar refractivity (Wildman–Crippen MR) is 79.4 cm³/mol. The smallest absolute Gasteiger partial charge is 0.249 e. The van der Waals surface area contributed by atoms with Crippen LogP contribution in [0, 0.1) is 0 Å². The molecule has 20 heavy (non-hydrogen) atoms. The van der Waals surface area contributed by atoms with Crippen molar-refractivity contribution in [1.82, 2.24) is 10.2 Å². The van der Waals surface area contributed by atoms with Crippen molar-refractivity contribution in [2.45, 2.75) is 70.2 Å². The van der Waals surface area contributed by atoms with Gasteiger partial charge in [-0.3, -0.25) is 9.69 Å². The molecule has 0 aliphatic carbocycles. The molecule has 0 aromatic heterocycles. The first-order chi connectivity index (χ1) is 9.61. The van der Waals surface area contributed by atoms with Crippen LogP contribution in [-0.2, 0) is 9.53 Å². The minimum atomic E-state index is -0.292. The van der Waals surface area contributed by atoms with E-state index in [-0.39, 0.29) is 18.1 Å². The normalized spacial score (nSPS) is 35.1. The van der Waals surface area contributed by atoms with Crippen LogP contribution in [0.4, 0.5) is 0 Å². The molecule has 116 valence electrons. The lowest BCUT2D eigenvalue weighted by atomic mass is 9.98. The zero-order chi connectivity index (χ0) is 14.5. The molecule has 0 bridgehead atoms. The molecule has 0 spiro atoms. The third-order valence-corrected chi connectivity index (χ3v) is 4.71. The topological polar surface area (TPSA) is 67.6 Å². The van der Waals surface area contributed by atoms with Crippen molar-refractivity contribution in [1.29, 1.82) is 0 Å². The highest BCUT2D eigenvalue weighted by Gasteiger charge is 2.30. The van der Waals surface area contributed by atoms with Gasteiger partial charge in [0.2, 0.25) is 5.91 Å². The van der Waals surface area contributed by atoms with Crippen LogP contribution < -0.4 is 11.1 Å². The summed E-state index contributed by atoms with van der Waals surface area (Å²) in [4.78, 5) is 14.5. The number of rotatable bonds is 5. The van der Waals surface area contributed by atoms with Crippen molar-refractivity contribution < 1.29 is 9.53 Å². The Bertz CT molecular complexity index is 314. The molecular formula is C15H29N3O2. The van der Waals surface area contributed by atoms with Crippen molar-refractivity contribution in [3.63, 3.8) is 0 Å². The minimum Gasteiger partial charge on any atom is -0.364 e. The van der Waals surface area contributed by atoms with Gasteiger partial charge in [-0.25, -0.2) is 0 Å². The van der Waals surface area contributed by atoms with Crippen molar-refractivity contribution in [2.75, 3.05) is 19.6 Å². The van der Waals surface area contributed by atoms with Crippen LogP contribution in [0.5, 0.6) is 0 Å². The third-order valence-electron chi connectivity index (χ3n) is 4.71. The Morgan fingerprint density at radius 2 is 1.95 bits per heavy atom. The van der Waals surface area contributed by atoms with Gasteiger partial charge in [-0.2, -0.15) is 0 Å². The molecule has 2 rings (SSSR count). The zero-order valence-electron chi connectivity index (χ0n) is 12.8.